The van der Waals surface area contributed by atoms with Gasteiger partial charge in [0.25, 0.3) is 0 Å². The second kappa shape index (κ2) is 11.0. The molecule has 3 saturated carbocycles. The van der Waals surface area contributed by atoms with Crippen LogP contribution in [0, 0.1) is 34.5 Å². The maximum Gasteiger partial charge on any atom is 0.328 e. The van der Waals surface area contributed by atoms with Gasteiger partial charge in [0.05, 0.1) is 7.11 Å². The normalized spacial score (nSPS) is 38.5. The standard InChI is InChI=1S/C30H50N2O4/c1-6-7-8-9-10-11-25(33)31-27(28(35)36-5)23-14-13-21-20-12-15-24-30(3,19-17-26(34)32(24)4)22(20)16-18-29(21,23)2/h20-24,27H,6-19H2,1-5H3,(H,31,33)/t20-,21-,22-,23+,24+,27?,29-,30+/m0/s1. The van der Waals surface area contributed by atoms with Crippen LogP contribution in [0.4, 0.5) is 0 Å². The van der Waals surface area contributed by atoms with Gasteiger partial charge in [-0.05, 0) is 85.9 Å². The third kappa shape index (κ3) is 4.82. The third-order valence-electron chi connectivity index (χ3n) is 11.3. The van der Waals surface area contributed by atoms with Crippen molar-refractivity contribution < 1.29 is 19.1 Å². The number of rotatable bonds is 9. The topological polar surface area (TPSA) is 75.7 Å². The van der Waals surface area contributed by atoms with Gasteiger partial charge in [0.2, 0.25) is 11.8 Å². The van der Waals surface area contributed by atoms with Crippen molar-refractivity contribution in [2.75, 3.05) is 14.2 Å². The molecule has 0 aromatic rings. The Bertz CT molecular complexity index is 830. The van der Waals surface area contributed by atoms with Crippen LogP contribution in [0.5, 0.6) is 0 Å². The van der Waals surface area contributed by atoms with Gasteiger partial charge < -0.3 is 15.0 Å². The minimum Gasteiger partial charge on any atom is -0.467 e. The molecular weight excluding hydrogens is 452 g/mol. The number of hydrogen-bond acceptors (Lipinski definition) is 4. The summed E-state index contributed by atoms with van der Waals surface area (Å²) in [4.78, 5) is 40.3. The molecule has 1 heterocycles. The number of ether oxygens (including phenoxy) is 1. The molecule has 3 aliphatic carbocycles. The summed E-state index contributed by atoms with van der Waals surface area (Å²) in [7, 11) is 3.46. The van der Waals surface area contributed by atoms with Crippen molar-refractivity contribution in [2.45, 2.75) is 123 Å². The number of methoxy groups -OCH3 is 1. The van der Waals surface area contributed by atoms with Crippen LogP contribution in [-0.2, 0) is 19.1 Å². The summed E-state index contributed by atoms with van der Waals surface area (Å²) in [5.41, 5.74) is 0.229. The maximum absolute atomic E-state index is 13.0. The van der Waals surface area contributed by atoms with E-state index in [4.69, 9.17) is 4.74 Å². The monoisotopic (exact) mass is 502 g/mol. The predicted molar refractivity (Wildman–Crippen MR) is 141 cm³/mol. The average Bonchev–Trinajstić information content (AvgIpc) is 3.21. The average molecular weight is 503 g/mol. The molecule has 1 saturated heterocycles. The van der Waals surface area contributed by atoms with E-state index in [1.165, 1.54) is 32.8 Å². The van der Waals surface area contributed by atoms with Crippen LogP contribution in [-0.4, -0.2) is 48.9 Å². The van der Waals surface area contributed by atoms with Crippen molar-refractivity contribution in [1.29, 1.82) is 0 Å². The van der Waals surface area contributed by atoms with E-state index in [0.717, 1.165) is 51.4 Å². The highest BCUT2D eigenvalue weighted by Gasteiger charge is 2.62. The first kappa shape index (κ1) is 27.4. The Hall–Kier alpha value is -1.59. The summed E-state index contributed by atoms with van der Waals surface area (Å²) >= 11 is 0. The van der Waals surface area contributed by atoms with Gasteiger partial charge in [-0.25, -0.2) is 4.79 Å². The van der Waals surface area contributed by atoms with E-state index in [2.05, 4.69) is 31.0 Å². The van der Waals surface area contributed by atoms with E-state index in [9.17, 15) is 14.4 Å². The SMILES string of the molecule is CCCCCCCC(=O)NC(C(=O)OC)[C@H]1CC[C@H]2[C@@H]3CC[C@H]4N(C)C(=O)CC[C@]4(C)[C@H]3CC[C@]12C. The Morgan fingerprint density at radius 2 is 1.72 bits per heavy atom. The summed E-state index contributed by atoms with van der Waals surface area (Å²) in [6, 6.07) is -0.184. The lowest BCUT2D eigenvalue weighted by atomic mass is 9.46. The molecule has 1 N–H and O–H groups in total. The van der Waals surface area contributed by atoms with Crippen molar-refractivity contribution in [3.8, 4) is 0 Å². The molecule has 6 nitrogen and oxygen atoms in total. The zero-order valence-corrected chi connectivity index (χ0v) is 23.4. The van der Waals surface area contributed by atoms with Crippen LogP contribution >= 0.6 is 0 Å². The fourth-order valence-corrected chi connectivity index (χ4v) is 9.32. The van der Waals surface area contributed by atoms with E-state index >= 15 is 0 Å². The molecule has 2 amide bonds. The summed E-state index contributed by atoms with van der Waals surface area (Å²) in [6.45, 7) is 7.03. The van der Waals surface area contributed by atoms with E-state index in [-0.39, 0.29) is 28.6 Å². The van der Waals surface area contributed by atoms with Gasteiger partial charge in [-0.15, -0.1) is 0 Å². The molecule has 204 valence electrons. The van der Waals surface area contributed by atoms with Crippen LogP contribution in [0.15, 0.2) is 0 Å². The Balaban J connectivity index is 1.47. The quantitative estimate of drug-likeness (QED) is 0.334. The molecule has 1 aliphatic heterocycles. The van der Waals surface area contributed by atoms with Gasteiger partial charge in [0.1, 0.15) is 6.04 Å². The fourth-order valence-electron chi connectivity index (χ4n) is 9.32. The number of piperidine rings is 1. The highest BCUT2D eigenvalue weighted by molar-refractivity contribution is 5.84. The first-order valence-corrected chi connectivity index (χ1v) is 14.8. The van der Waals surface area contributed by atoms with Crippen molar-refractivity contribution in [3.05, 3.63) is 0 Å². The molecule has 1 unspecified atom stereocenters. The zero-order chi connectivity index (χ0) is 26.1. The molecule has 36 heavy (non-hydrogen) atoms. The Labute approximate surface area is 218 Å². The first-order chi connectivity index (χ1) is 17.2. The molecular formula is C30H50N2O4. The van der Waals surface area contributed by atoms with Crippen LogP contribution in [0.1, 0.15) is 111 Å². The maximum atomic E-state index is 13.0. The molecule has 6 heteroatoms. The number of fused-ring (bicyclic) bond motifs is 5. The zero-order valence-electron chi connectivity index (χ0n) is 23.4. The summed E-state index contributed by atoms with van der Waals surface area (Å²) in [5.74, 6) is 1.99. The Morgan fingerprint density at radius 1 is 1.00 bits per heavy atom. The van der Waals surface area contributed by atoms with Crippen molar-refractivity contribution >= 4 is 17.8 Å². The molecule has 0 spiro atoms. The lowest BCUT2D eigenvalue weighted by Crippen LogP contribution is -2.62. The van der Waals surface area contributed by atoms with E-state index < -0.39 is 6.04 Å². The highest BCUT2D eigenvalue weighted by atomic mass is 16.5. The van der Waals surface area contributed by atoms with Crippen LogP contribution in [0.25, 0.3) is 0 Å². The number of carbonyl (C=O) groups is 3. The number of hydrogen-bond donors (Lipinski definition) is 1. The van der Waals surface area contributed by atoms with Gasteiger partial charge in [-0.3, -0.25) is 9.59 Å². The van der Waals surface area contributed by atoms with E-state index in [1.807, 2.05) is 7.05 Å². The van der Waals surface area contributed by atoms with Crippen LogP contribution in [0.3, 0.4) is 0 Å². The molecule has 4 aliphatic rings. The molecule has 4 rings (SSSR count). The van der Waals surface area contributed by atoms with Crippen molar-refractivity contribution in [1.82, 2.24) is 10.2 Å². The van der Waals surface area contributed by atoms with Gasteiger partial charge in [0.15, 0.2) is 0 Å². The number of unbranched alkanes of at least 4 members (excludes halogenated alkanes) is 4. The summed E-state index contributed by atoms with van der Waals surface area (Å²) < 4.78 is 5.23. The molecule has 4 fully saturated rings. The number of nitrogens with one attached hydrogen (secondary N) is 1. The third-order valence-corrected chi connectivity index (χ3v) is 11.3. The van der Waals surface area contributed by atoms with Crippen molar-refractivity contribution in [2.24, 2.45) is 34.5 Å². The van der Waals surface area contributed by atoms with Crippen molar-refractivity contribution in [3.63, 3.8) is 0 Å². The summed E-state index contributed by atoms with van der Waals surface area (Å²) in [6.07, 6.45) is 14.3. The van der Waals surface area contributed by atoms with Gasteiger partial charge in [-0.1, -0.05) is 46.5 Å². The lowest BCUT2D eigenvalue weighted by Gasteiger charge is -2.62. The van der Waals surface area contributed by atoms with Gasteiger partial charge in [0, 0.05) is 25.9 Å². The number of likely N-dealkylation sites (tertiary alicyclic amines) is 1. The van der Waals surface area contributed by atoms with E-state index in [0.29, 0.717) is 42.5 Å². The summed E-state index contributed by atoms with van der Waals surface area (Å²) in [5, 5.41) is 3.14. The second-order valence-electron chi connectivity index (χ2n) is 12.9. The molecule has 0 radical (unpaired) electrons. The molecule has 0 aromatic heterocycles. The number of carbonyl (C=O) groups excluding carboxylic acids is 3. The second-order valence-corrected chi connectivity index (χ2v) is 12.9. The number of esters is 1. The highest BCUT2D eigenvalue weighted by Crippen LogP contribution is 2.66. The minimum absolute atomic E-state index is 0.00874. The van der Waals surface area contributed by atoms with Gasteiger partial charge >= 0.3 is 5.97 Å². The molecule has 0 bridgehead atoms. The molecule has 0 aromatic carbocycles. The number of amides is 2. The van der Waals surface area contributed by atoms with Gasteiger partial charge in [-0.2, -0.15) is 0 Å². The molecule has 8 atom stereocenters. The number of nitrogens with zero attached hydrogens (tertiary/aromatic N) is 1. The van der Waals surface area contributed by atoms with Crippen LogP contribution < -0.4 is 5.32 Å². The lowest BCUT2D eigenvalue weighted by molar-refractivity contribution is -0.160. The largest absolute Gasteiger partial charge is 0.467 e. The predicted octanol–water partition coefficient (Wildman–Crippen LogP) is 5.48. The van der Waals surface area contributed by atoms with Crippen LogP contribution in [0.2, 0.25) is 0 Å². The Kier molecular flexibility index (Phi) is 8.41. The smallest absolute Gasteiger partial charge is 0.328 e. The fraction of sp³-hybridized carbons (Fsp3) is 0.900. The minimum atomic E-state index is -0.546. The first-order valence-electron chi connectivity index (χ1n) is 14.8. The van der Waals surface area contributed by atoms with E-state index in [1.54, 1.807) is 0 Å². The Morgan fingerprint density at radius 3 is 2.44 bits per heavy atom.